The number of hydrogen-bond acceptors (Lipinski definition) is 2. The Bertz CT molecular complexity index is 492. The monoisotopic (exact) mass is 168 g/mol. The second-order valence-electron chi connectivity index (χ2n) is 2.52. The van der Waals surface area contributed by atoms with Crippen LogP contribution in [0.25, 0.3) is 15.8 Å². The molecular formula is C10H4N2O. The van der Waals surface area contributed by atoms with E-state index < -0.39 is 0 Å². The zero-order chi connectivity index (χ0) is 9.26. The van der Waals surface area contributed by atoms with Crippen LogP contribution in [0, 0.1) is 17.9 Å². The van der Waals surface area contributed by atoms with E-state index >= 15 is 0 Å². The van der Waals surface area contributed by atoms with E-state index in [1.165, 1.54) is 6.26 Å². The maximum Gasteiger partial charge on any atom is 0.198 e. The van der Waals surface area contributed by atoms with Gasteiger partial charge >= 0.3 is 0 Å². The predicted molar refractivity (Wildman–Crippen MR) is 47.2 cm³/mol. The average Bonchev–Trinajstić information content (AvgIpc) is 2.64. The summed E-state index contributed by atoms with van der Waals surface area (Å²) in [5, 5.41) is 9.43. The highest BCUT2D eigenvalue weighted by Gasteiger charge is 2.07. The summed E-state index contributed by atoms with van der Waals surface area (Å²) in [5.74, 6) is 0. The number of furan rings is 1. The molecule has 0 radical (unpaired) electrons. The molecule has 3 nitrogen and oxygen atoms in total. The molecule has 0 aliphatic rings. The molecule has 0 atom stereocenters. The van der Waals surface area contributed by atoms with Gasteiger partial charge in [-0.2, -0.15) is 5.26 Å². The first-order chi connectivity index (χ1) is 6.36. The zero-order valence-corrected chi connectivity index (χ0v) is 6.61. The van der Waals surface area contributed by atoms with E-state index in [2.05, 4.69) is 4.85 Å². The Hall–Kier alpha value is -2.26. The number of benzene rings is 1. The molecule has 1 heterocycles. The lowest BCUT2D eigenvalue weighted by Gasteiger charge is -1.93. The summed E-state index contributed by atoms with van der Waals surface area (Å²) in [5.41, 5.74) is 1.48. The van der Waals surface area contributed by atoms with Crippen molar-refractivity contribution in [2.45, 2.75) is 0 Å². The van der Waals surface area contributed by atoms with Gasteiger partial charge in [-0.3, -0.25) is 0 Å². The van der Waals surface area contributed by atoms with E-state index in [-0.39, 0.29) is 0 Å². The molecule has 1 aromatic heterocycles. The van der Waals surface area contributed by atoms with Crippen LogP contribution >= 0.6 is 0 Å². The molecule has 0 N–H and O–H groups in total. The van der Waals surface area contributed by atoms with Crippen molar-refractivity contribution >= 4 is 16.7 Å². The molecule has 0 aliphatic heterocycles. The Labute approximate surface area is 74.6 Å². The Morgan fingerprint density at radius 1 is 1.38 bits per heavy atom. The highest BCUT2D eigenvalue weighted by atomic mass is 16.3. The van der Waals surface area contributed by atoms with Gasteiger partial charge in [0.15, 0.2) is 5.69 Å². The molecule has 3 heteroatoms. The van der Waals surface area contributed by atoms with Crippen LogP contribution in [0.5, 0.6) is 0 Å². The largest absolute Gasteiger partial charge is 0.464 e. The van der Waals surface area contributed by atoms with Crippen molar-refractivity contribution in [2.75, 3.05) is 0 Å². The fourth-order valence-electron chi connectivity index (χ4n) is 1.23. The molecule has 0 spiro atoms. The van der Waals surface area contributed by atoms with Crippen LogP contribution in [-0.4, -0.2) is 0 Å². The second kappa shape index (κ2) is 2.66. The summed E-state index contributed by atoms with van der Waals surface area (Å²) in [7, 11) is 0. The molecule has 0 amide bonds. The van der Waals surface area contributed by atoms with Gasteiger partial charge in [-0.1, -0.05) is 12.1 Å². The molecule has 0 bridgehead atoms. The second-order valence-corrected chi connectivity index (χ2v) is 2.52. The van der Waals surface area contributed by atoms with E-state index in [1.807, 2.05) is 6.07 Å². The van der Waals surface area contributed by atoms with Crippen LogP contribution in [0.3, 0.4) is 0 Å². The third kappa shape index (κ3) is 0.953. The first-order valence-corrected chi connectivity index (χ1v) is 3.64. The van der Waals surface area contributed by atoms with Crippen LogP contribution in [0.15, 0.2) is 28.9 Å². The van der Waals surface area contributed by atoms with Gasteiger partial charge in [-0.25, -0.2) is 4.85 Å². The van der Waals surface area contributed by atoms with Crippen molar-refractivity contribution in [3.05, 3.63) is 41.4 Å². The van der Waals surface area contributed by atoms with Crippen molar-refractivity contribution in [3.63, 3.8) is 0 Å². The predicted octanol–water partition coefficient (Wildman–Crippen LogP) is 2.86. The van der Waals surface area contributed by atoms with Crippen LogP contribution in [-0.2, 0) is 0 Å². The standard InChI is InChI=1S/C10H4N2O/c1-12-9-3-2-7(6-11)10-8(9)4-5-13-10/h2-5H. The fraction of sp³-hybridized carbons (Fsp3) is 0. The summed E-state index contributed by atoms with van der Waals surface area (Å²) >= 11 is 0. The molecule has 0 fully saturated rings. The zero-order valence-electron chi connectivity index (χ0n) is 6.61. The molecule has 0 unspecified atom stereocenters. The van der Waals surface area contributed by atoms with Crippen molar-refractivity contribution in [1.82, 2.24) is 0 Å². The number of nitrogens with zero attached hydrogens (tertiary/aromatic N) is 2. The fourth-order valence-corrected chi connectivity index (χ4v) is 1.23. The smallest absolute Gasteiger partial charge is 0.198 e. The first kappa shape index (κ1) is 7.39. The van der Waals surface area contributed by atoms with E-state index in [4.69, 9.17) is 16.3 Å². The minimum Gasteiger partial charge on any atom is -0.464 e. The Morgan fingerprint density at radius 2 is 2.23 bits per heavy atom. The lowest BCUT2D eigenvalue weighted by atomic mass is 10.1. The molecule has 2 aromatic rings. The van der Waals surface area contributed by atoms with Gasteiger partial charge in [0.25, 0.3) is 0 Å². The molecule has 60 valence electrons. The van der Waals surface area contributed by atoms with E-state index in [9.17, 15) is 0 Å². The lowest BCUT2D eigenvalue weighted by Crippen LogP contribution is -1.74. The van der Waals surface area contributed by atoms with E-state index in [0.717, 1.165) is 0 Å². The number of nitriles is 1. The van der Waals surface area contributed by atoms with Crippen LogP contribution < -0.4 is 0 Å². The SMILES string of the molecule is [C-]#[N+]c1ccc(C#N)c2occc12. The summed E-state index contributed by atoms with van der Waals surface area (Å²) in [4.78, 5) is 3.33. The molecule has 13 heavy (non-hydrogen) atoms. The number of rotatable bonds is 0. The van der Waals surface area contributed by atoms with Gasteiger partial charge in [0.1, 0.15) is 11.7 Å². The first-order valence-electron chi connectivity index (χ1n) is 3.64. The van der Waals surface area contributed by atoms with E-state index in [1.54, 1.807) is 18.2 Å². The van der Waals surface area contributed by atoms with Crippen molar-refractivity contribution in [2.24, 2.45) is 0 Å². The summed E-state index contributed by atoms with van der Waals surface area (Å²) < 4.78 is 5.12. The molecule has 2 rings (SSSR count). The van der Waals surface area contributed by atoms with Gasteiger partial charge in [0.2, 0.25) is 0 Å². The quantitative estimate of drug-likeness (QED) is 0.567. The van der Waals surface area contributed by atoms with Gasteiger partial charge in [-0.05, 0) is 6.07 Å². The molecule has 0 aliphatic carbocycles. The number of hydrogen-bond donors (Lipinski definition) is 0. The maximum absolute atomic E-state index is 8.73. The van der Waals surface area contributed by atoms with Crippen molar-refractivity contribution in [1.29, 1.82) is 5.26 Å². The third-order valence-electron chi connectivity index (χ3n) is 1.83. The van der Waals surface area contributed by atoms with Crippen molar-refractivity contribution in [3.8, 4) is 6.07 Å². The minimum absolute atomic E-state index is 0.465. The third-order valence-corrected chi connectivity index (χ3v) is 1.83. The van der Waals surface area contributed by atoms with Gasteiger partial charge in [0, 0.05) is 5.39 Å². The van der Waals surface area contributed by atoms with Gasteiger partial charge < -0.3 is 4.42 Å². The Balaban J connectivity index is 2.93. The van der Waals surface area contributed by atoms with Crippen LogP contribution in [0.4, 0.5) is 5.69 Å². The highest BCUT2D eigenvalue weighted by Crippen LogP contribution is 2.29. The molecule has 0 saturated heterocycles. The summed E-state index contributed by atoms with van der Waals surface area (Å²) in [6.45, 7) is 6.89. The summed E-state index contributed by atoms with van der Waals surface area (Å²) in [6, 6.07) is 6.93. The Morgan fingerprint density at radius 3 is 2.92 bits per heavy atom. The van der Waals surface area contributed by atoms with Crippen LogP contribution in [0.1, 0.15) is 5.56 Å². The summed E-state index contributed by atoms with van der Waals surface area (Å²) in [6.07, 6.45) is 1.49. The topological polar surface area (TPSA) is 41.3 Å². The van der Waals surface area contributed by atoms with Crippen molar-refractivity contribution < 1.29 is 4.42 Å². The number of fused-ring (bicyclic) bond motifs is 1. The maximum atomic E-state index is 8.73. The normalized spacial score (nSPS) is 9.38. The highest BCUT2D eigenvalue weighted by molar-refractivity contribution is 5.94. The molecule has 1 aromatic carbocycles. The molecular weight excluding hydrogens is 164 g/mol. The van der Waals surface area contributed by atoms with Crippen LogP contribution in [0.2, 0.25) is 0 Å². The lowest BCUT2D eigenvalue weighted by molar-refractivity contribution is 0.615. The van der Waals surface area contributed by atoms with E-state index in [0.29, 0.717) is 22.2 Å². The minimum atomic E-state index is 0.465. The molecule has 0 saturated carbocycles. The van der Waals surface area contributed by atoms with Gasteiger partial charge in [-0.15, -0.1) is 0 Å². The van der Waals surface area contributed by atoms with Gasteiger partial charge in [0.05, 0.1) is 18.4 Å². The average molecular weight is 168 g/mol. The Kier molecular flexibility index (Phi) is 1.51.